The highest BCUT2D eigenvalue weighted by Crippen LogP contribution is 2.41. The number of aromatic nitrogens is 5. The fourth-order valence-corrected chi connectivity index (χ4v) is 7.57. The largest absolute Gasteiger partial charge is 0.465 e. The lowest BCUT2D eigenvalue weighted by atomic mass is 9.97. The predicted molar refractivity (Wildman–Crippen MR) is 165 cm³/mol. The molecule has 3 atom stereocenters. The molecule has 0 aliphatic carbocycles. The van der Waals surface area contributed by atoms with Gasteiger partial charge < -0.3 is 24.6 Å². The molecule has 11 nitrogen and oxygen atoms in total. The molecule has 42 heavy (non-hydrogen) atoms. The number of amides is 1. The van der Waals surface area contributed by atoms with Crippen LogP contribution in [0, 0.1) is 0 Å². The van der Waals surface area contributed by atoms with E-state index in [-0.39, 0.29) is 18.1 Å². The second-order valence-corrected chi connectivity index (χ2v) is 18.6. The second-order valence-electron chi connectivity index (χ2n) is 12.6. The van der Waals surface area contributed by atoms with Crippen molar-refractivity contribution in [2.24, 2.45) is 7.05 Å². The van der Waals surface area contributed by atoms with Crippen LogP contribution in [0.3, 0.4) is 0 Å². The number of rotatable bonds is 9. The molecule has 2 fully saturated rings. The molecule has 2 aliphatic rings. The Morgan fingerprint density at radius 1 is 1.21 bits per heavy atom. The Bertz CT molecular complexity index is 1670. The molecule has 1 aromatic carbocycles. The van der Waals surface area contributed by atoms with Gasteiger partial charge in [0, 0.05) is 62.6 Å². The zero-order valence-corrected chi connectivity index (χ0v) is 26.1. The number of aldehydes is 1. The van der Waals surface area contributed by atoms with Crippen LogP contribution in [0.5, 0.6) is 0 Å². The van der Waals surface area contributed by atoms with Crippen LogP contribution in [0.2, 0.25) is 30.7 Å². The molecular formula is C29H36ClN7O4Si. The van der Waals surface area contributed by atoms with Crippen LogP contribution >= 0.6 is 11.6 Å². The highest BCUT2D eigenvalue weighted by atomic mass is 35.5. The molecule has 2 aliphatic heterocycles. The minimum absolute atomic E-state index is 0.0519. The topological polar surface area (TPSA) is 127 Å². The van der Waals surface area contributed by atoms with Crippen molar-refractivity contribution < 1.29 is 19.4 Å². The third-order valence-corrected chi connectivity index (χ3v) is 10.6. The lowest BCUT2D eigenvalue weighted by Gasteiger charge is -2.39. The van der Waals surface area contributed by atoms with Crippen LogP contribution in [0.25, 0.3) is 33.2 Å². The van der Waals surface area contributed by atoms with Crippen LogP contribution < -0.4 is 10.2 Å². The number of halogens is 1. The van der Waals surface area contributed by atoms with Gasteiger partial charge in [-0.25, -0.2) is 14.8 Å². The average molecular weight is 610 g/mol. The summed E-state index contributed by atoms with van der Waals surface area (Å²) in [6.07, 6.45) is 7.06. The van der Waals surface area contributed by atoms with E-state index < -0.39 is 14.2 Å². The number of nitrogens with zero attached hydrogens (tertiary/aromatic N) is 6. The van der Waals surface area contributed by atoms with Gasteiger partial charge in [0.25, 0.3) is 0 Å². The summed E-state index contributed by atoms with van der Waals surface area (Å²) in [7, 11) is 0.468. The molecule has 1 amide bonds. The van der Waals surface area contributed by atoms with Crippen LogP contribution in [0.15, 0.2) is 24.5 Å². The van der Waals surface area contributed by atoms with E-state index in [9.17, 15) is 14.7 Å². The lowest BCUT2D eigenvalue weighted by Crippen LogP contribution is -2.50. The zero-order chi connectivity index (χ0) is 29.8. The highest BCUT2D eigenvalue weighted by Gasteiger charge is 2.42. The van der Waals surface area contributed by atoms with Crippen molar-refractivity contribution in [2.45, 2.75) is 76.2 Å². The maximum atomic E-state index is 11.9. The van der Waals surface area contributed by atoms with Crippen molar-refractivity contribution in [1.82, 2.24) is 29.6 Å². The number of nitrogens with one attached hydrogen (secondary N) is 1. The van der Waals surface area contributed by atoms with Crippen LogP contribution in [0.1, 0.15) is 36.2 Å². The molecule has 222 valence electrons. The number of aryl methyl sites for hydroxylation is 1. The summed E-state index contributed by atoms with van der Waals surface area (Å²) in [5.41, 5.74) is 4.00. The predicted octanol–water partition coefficient (Wildman–Crippen LogP) is 5.53. The Morgan fingerprint density at radius 3 is 2.62 bits per heavy atom. The number of carbonyl (C=O) groups is 2. The van der Waals surface area contributed by atoms with E-state index in [1.165, 1.54) is 0 Å². The van der Waals surface area contributed by atoms with E-state index in [0.29, 0.717) is 46.1 Å². The third-order valence-electron chi connectivity index (χ3n) is 8.49. The Balaban J connectivity index is 1.40. The van der Waals surface area contributed by atoms with E-state index in [4.69, 9.17) is 26.3 Å². The number of hydrogen-bond acceptors (Lipinski definition) is 7. The molecule has 5 heterocycles. The summed E-state index contributed by atoms with van der Waals surface area (Å²) in [5.74, 6) is 0.786. The SMILES string of the molecule is Cn1nc2ccc(-c3cn(COCC[Si](C)(C)C)c4nc(N5[C@@H]6CC[C@H]5C[C@@H](NC(=O)O)C6)cnc34)c(Cl)c2c1C=O. The Kier molecular flexibility index (Phi) is 7.48. The molecule has 0 saturated carbocycles. The van der Waals surface area contributed by atoms with Gasteiger partial charge in [-0.15, -0.1) is 0 Å². The van der Waals surface area contributed by atoms with Crippen LogP contribution in [-0.2, 0) is 18.5 Å². The molecule has 3 aromatic heterocycles. The normalized spacial score (nSPS) is 20.5. The summed E-state index contributed by atoms with van der Waals surface area (Å²) < 4.78 is 9.67. The van der Waals surface area contributed by atoms with Gasteiger partial charge in [-0.2, -0.15) is 5.10 Å². The summed E-state index contributed by atoms with van der Waals surface area (Å²) in [4.78, 5) is 35.5. The van der Waals surface area contributed by atoms with Crippen molar-refractivity contribution in [2.75, 3.05) is 11.5 Å². The Morgan fingerprint density at radius 2 is 1.95 bits per heavy atom. The number of anilines is 1. The number of benzene rings is 1. The highest BCUT2D eigenvalue weighted by molar-refractivity contribution is 6.76. The van der Waals surface area contributed by atoms with Crippen molar-refractivity contribution in [3.05, 3.63) is 35.2 Å². The molecule has 2 bridgehead atoms. The molecule has 0 unspecified atom stereocenters. The number of piperidine rings is 1. The van der Waals surface area contributed by atoms with Crippen molar-refractivity contribution in [1.29, 1.82) is 0 Å². The molecule has 0 spiro atoms. The fourth-order valence-electron chi connectivity index (χ4n) is 6.46. The maximum absolute atomic E-state index is 11.9. The smallest absolute Gasteiger partial charge is 0.404 e. The zero-order valence-electron chi connectivity index (χ0n) is 24.3. The summed E-state index contributed by atoms with van der Waals surface area (Å²) in [5, 5.41) is 17.4. The Hall–Kier alpha value is -3.48. The van der Waals surface area contributed by atoms with E-state index in [1.54, 1.807) is 11.7 Å². The summed E-state index contributed by atoms with van der Waals surface area (Å²) in [6, 6.07) is 5.18. The number of carbonyl (C=O) groups excluding carboxylic acids is 1. The van der Waals surface area contributed by atoms with Crippen LogP contribution in [-0.4, -0.2) is 74.6 Å². The molecular weight excluding hydrogens is 574 g/mol. The molecule has 0 radical (unpaired) electrons. The lowest BCUT2D eigenvalue weighted by molar-refractivity contribution is 0.0899. The van der Waals surface area contributed by atoms with Gasteiger partial charge in [-0.1, -0.05) is 37.3 Å². The quantitative estimate of drug-likeness (QED) is 0.144. The number of ether oxygens (including phenoxy) is 1. The second kappa shape index (κ2) is 11.0. The van der Waals surface area contributed by atoms with Gasteiger partial charge in [-0.05, 0) is 37.8 Å². The molecule has 6 rings (SSSR count). The van der Waals surface area contributed by atoms with E-state index >= 15 is 0 Å². The third kappa shape index (κ3) is 5.27. The molecule has 4 aromatic rings. The number of fused-ring (bicyclic) bond motifs is 4. The first-order valence-corrected chi connectivity index (χ1v) is 18.4. The minimum atomic E-state index is -1.26. The number of hydrogen-bond donors (Lipinski definition) is 2. The first-order valence-electron chi connectivity index (χ1n) is 14.4. The minimum Gasteiger partial charge on any atom is -0.465 e. The van der Waals surface area contributed by atoms with Crippen molar-refractivity contribution >= 4 is 59.9 Å². The van der Waals surface area contributed by atoms with Gasteiger partial charge in [0.05, 0.1) is 16.7 Å². The van der Waals surface area contributed by atoms with Crippen molar-refractivity contribution in [3.8, 4) is 11.1 Å². The molecule has 13 heteroatoms. The molecule has 2 saturated heterocycles. The van der Waals surface area contributed by atoms with E-state index in [0.717, 1.165) is 55.0 Å². The summed E-state index contributed by atoms with van der Waals surface area (Å²) >= 11 is 6.96. The first-order chi connectivity index (χ1) is 20.0. The molecule has 2 N–H and O–H groups in total. The maximum Gasteiger partial charge on any atom is 0.404 e. The van der Waals surface area contributed by atoms with Gasteiger partial charge in [0.15, 0.2) is 11.9 Å². The van der Waals surface area contributed by atoms with Crippen molar-refractivity contribution in [3.63, 3.8) is 0 Å². The average Bonchev–Trinajstić information content (AvgIpc) is 3.54. The standard InChI is InChI=1S/C29H36ClN7O4Si/c1-35-23(15-38)25-22(34-35)8-7-20(26(25)30)21-14-36(16-41-9-10-42(2,3)4)28-27(21)31-13-24(33-28)37-18-5-6-19(37)12-17(11-18)32-29(39)40/h7-8,13-15,17-19,32H,5-6,9-12,16H2,1-4H3,(H,39,40)/t17-,18+,19-. The van der Waals surface area contributed by atoms with E-state index in [2.05, 4.69) is 35.0 Å². The van der Waals surface area contributed by atoms with E-state index in [1.807, 2.05) is 29.1 Å². The first kappa shape index (κ1) is 28.6. The van der Waals surface area contributed by atoms with Gasteiger partial charge >= 0.3 is 6.09 Å². The number of carboxylic acid groups (broad SMARTS) is 1. The monoisotopic (exact) mass is 609 g/mol. The van der Waals surface area contributed by atoms with Gasteiger partial charge in [-0.3, -0.25) is 9.48 Å². The van der Waals surface area contributed by atoms with Crippen LogP contribution in [0.4, 0.5) is 10.6 Å². The summed E-state index contributed by atoms with van der Waals surface area (Å²) in [6.45, 7) is 7.96. The van der Waals surface area contributed by atoms with Gasteiger partial charge in [0.1, 0.15) is 23.8 Å². The Labute approximate surface area is 249 Å². The van der Waals surface area contributed by atoms with Gasteiger partial charge in [0.2, 0.25) is 0 Å². The fraction of sp³-hybridized carbons (Fsp3) is 0.483.